The van der Waals surface area contributed by atoms with Crippen LogP contribution in [0.1, 0.15) is 29.7 Å². The van der Waals surface area contributed by atoms with E-state index in [0.29, 0.717) is 6.54 Å². The van der Waals surface area contributed by atoms with E-state index in [1.165, 1.54) is 15.1 Å². The standard InChI is InChI=1S/C22H30N4OS/c1-8-9-15(2)28-19-12-10-18(11-13-19)20(25(5)6)14-23-21-16(3)17(4)22(27)26(7)24-21/h8-13,20H,2,14H2,1,3-7H3,(H,23,24)/b9-8-. The first-order chi connectivity index (χ1) is 13.2. The third-order valence-electron chi connectivity index (χ3n) is 4.74. The fourth-order valence-electron chi connectivity index (χ4n) is 2.94. The van der Waals surface area contributed by atoms with Gasteiger partial charge in [-0.2, -0.15) is 5.10 Å². The Morgan fingerprint density at radius 3 is 2.50 bits per heavy atom. The van der Waals surface area contributed by atoms with E-state index in [-0.39, 0.29) is 11.6 Å². The summed E-state index contributed by atoms with van der Waals surface area (Å²) in [5, 5.41) is 7.80. The highest BCUT2D eigenvalue weighted by Gasteiger charge is 2.16. The minimum absolute atomic E-state index is 0.0557. The summed E-state index contributed by atoms with van der Waals surface area (Å²) in [4.78, 5) is 16.4. The maximum atomic E-state index is 12.0. The molecule has 6 heteroatoms. The minimum Gasteiger partial charge on any atom is -0.366 e. The molecule has 0 fully saturated rings. The number of nitrogens with one attached hydrogen (secondary N) is 1. The van der Waals surface area contributed by atoms with Crippen LogP contribution in [0.5, 0.6) is 0 Å². The van der Waals surface area contributed by atoms with Gasteiger partial charge in [0.05, 0.1) is 6.04 Å². The molecule has 1 N–H and O–H groups in total. The molecule has 2 rings (SSSR count). The number of likely N-dealkylation sites (N-methyl/N-ethyl adjacent to an activating group) is 1. The fraction of sp³-hybridized carbons (Fsp3) is 0.364. The van der Waals surface area contributed by atoms with Crippen LogP contribution in [-0.4, -0.2) is 35.3 Å². The lowest BCUT2D eigenvalue weighted by molar-refractivity contribution is 0.311. The lowest BCUT2D eigenvalue weighted by Crippen LogP contribution is -2.29. The van der Waals surface area contributed by atoms with Crippen molar-refractivity contribution < 1.29 is 0 Å². The largest absolute Gasteiger partial charge is 0.366 e. The van der Waals surface area contributed by atoms with Gasteiger partial charge in [0, 0.05) is 34.5 Å². The maximum Gasteiger partial charge on any atom is 0.269 e. The molecule has 1 aromatic carbocycles. The summed E-state index contributed by atoms with van der Waals surface area (Å²) in [5.74, 6) is 0.751. The van der Waals surface area contributed by atoms with Crippen molar-refractivity contribution in [1.29, 1.82) is 0 Å². The Bertz CT molecular complexity index is 913. The first-order valence-electron chi connectivity index (χ1n) is 9.28. The van der Waals surface area contributed by atoms with Crippen molar-refractivity contribution in [1.82, 2.24) is 14.7 Å². The summed E-state index contributed by atoms with van der Waals surface area (Å²) in [7, 11) is 5.81. The Kier molecular flexibility index (Phi) is 7.66. The van der Waals surface area contributed by atoms with Crippen LogP contribution in [-0.2, 0) is 7.05 Å². The van der Waals surface area contributed by atoms with Crippen molar-refractivity contribution >= 4 is 17.6 Å². The SMILES string of the molecule is C=C(/C=C\C)Sc1ccc(C(CNc2nn(C)c(=O)c(C)c2C)N(C)C)cc1. The Morgan fingerprint density at radius 1 is 1.29 bits per heavy atom. The van der Waals surface area contributed by atoms with Gasteiger partial charge >= 0.3 is 0 Å². The van der Waals surface area contributed by atoms with Gasteiger partial charge in [-0.1, -0.05) is 42.6 Å². The average Bonchev–Trinajstić information content (AvgIpc) is 2.65. The van der Waals surface area contributed by atoms with Crippen molar-refractivity contribution in [3.63, 3.8) is 0 Å². The van der Waals surface area contributed by atoms with Crippen molar-refractivity contribution in [3.8, 4) is 0 Å². The third kappa shape index (κ3) is 5.36. The van der Waals surface area contributed by atoms with Gasteiger partial charge in [0.25, 0.3) is 5.56 Å². The van der Waals surface area contributed by atoms with E-state index in [4.69, 9.17) is 0 Å². The molecule has 28 heavy (non-hydrogen) atoms. The van der Waals surface area contributed by atoms with Gasteiger partial charge in [0.1, 0.15) is 5.82 Å². The Labute approximate surface area is 172 Å². The van der Waals surface area contributed by atoms with Gasteiger partial charge < -0.3 is 10.2 Å². The zero-order valence-electron chi connectivity index (χ0n) is 17.6. The van der Waals surface area contributed by atoms with Gasteiger partial charge in [-0.25, -0.2) is 4.68 Å². The number of aromatic nitrogens is 2. The van der Waals surface area contributed by atoms with E-state index in [1.807, 2.05) is 32.9 Å². The smallest absolute Gasteiger partial charge is 0.269 e. The van der Waals surface area contributed by atoms with Crippen LogP contribution in [0.4, 0.5) is 5.82 Å². The molecular weight excluding hydrogens is 368 g/mol. The predicted molar refractivity (Wildman–Crippen MR) is 120 cm³/mol. The highest BCUT2D eigenvalue weighted by Crippen LogP contribution is 2.28. The van der Waals surface area contributed by atoms with E-state index in [2.05, 4.69) is 60.3 Å². The summed E-state index contributed by atoms with van der Waals surface area (Å²) in [5.41, 5.74) is 2.79. The second-order valence-electron chi connectivity index (χ2n) is 7.03. The van der Waals surface area contributed by atoms with Crippen LogP contribution in [0.2, 0.25) is 0 Å². The number of thioether (sulfide) groups is 1. The fourth-order valence-corrected chi connectivity index (χ4v) is 3.72. The predicted octanol–water partition coefficient (Wildman–Crippen LogP) is 4.29. The van der Waals surface area contributed by atoms with Crippen LogP contribution in [0.25, 0.3) is 0 Å². The Morgan fingerprint density at radius 2 is 1.93 bits per heavy atom. The van der Waals surface area contributed by atoms with Crippen molar-refractivity contribution in [2.75, 3.05) is 26.0 Å². The van der Waals surface area contributed by atoms with Crippen molar-refractivity contribution in [3.05, 3.63) is 74.9 Å². The number of allylic oxidation sites excluding steroid dienone is 2. The molecule has 5 nitrogen and oxygen atoms in total. The molecule has 0 aliphatic rings. The van der Waals surface area contributed by atoms with E-state index >= 15 is 0 Å². The van der Waals surface area contributed by atoms with Crippen molar-refractivity contribution in [2.24, 2.45) is 7.05 Å². The van der Waals surface area contributed by atoms with Gasteiger partial charge in [-0.15, -0.1) is 0 Å². The molecule has 0 aliphatic carbocycles. The molecule has 0 amide bonds. The second-order valence-corrected chi connectivity index (χ2v) is 8.22. The van der Waals surface area contributed by atoms with Gasteiger partial charge in [0.15, 0.2) is 0 Å². The molecule has 0 radical (unpaired) electrons. The normalized spacial score (nSPS) is 12.5. The molecule has 0 aliphatic heterocycles. The van der Waals surface area contributed by atoms with Crippen LogP contribution < -0.4 is 10.9 Å². The number of rotatable bonds is 8. The average molecular weight is 399 g/mol. The quantitative estimate of drug-likeness (QED) is 0.531. The molecule has 150 valence electrons. The zero-order chi connectivity index (χ0) is 20.8. The van der Waals surface area contributed by atoms with Crippen LogP contribution in [0.15, 0.2) is 57.6 Å². The molecule has 0 bridgehead atoms. The van der Waals surface area contributed by atoms with E-state index in [9.17, 15) is 4.79 Å². The first-order valence-corrected chi connectivity index (χ1v) is 10.1. The molecule has 1 heterocycles. The number of nitrogens with zero attached hydrogens (tertiary/aromatic N) is 3. The lowest BCUT2D eigenvalue weighted by atomic mass is 10.1. The molecule has 0 spiro atoms. The minimum atomic E-state index is -0.0557. The highest BCUT2D eigenvalue weighted by molar-refractivity contribution is 8.03. The number of anilines is 1. The Balaban J connectivity index is 2.16. The summed E-state index contributed by atoms with van der Waals surface area (Å²) in [6.45, 7) is 10.5. The number of benzene rings is 1. The van der Waals surface area contributed by atoms with Crippen molar-refractivity contribution in [2.45, 2.75) is 31.7 Å². The lowest BCUT2D eigenvalue weighted by Gasteiger charge is -2.26. The second kappa shape index (κ2) is 9.75. The van der Waals surface area contributed by atoms with Gasteiger partial charge in [-0.05, 0) is 52.6 Å². The maximum absolute atomic E-state index is 12.0. The van der Waals surface area contributed by atoms with Crippen LogP contribution in [0, 0.1) is 13.8 Å². The third-order valence-corrected chi connectivity index (χ3v) is 5.64. The number of hydrogen-bond acceptors (Lipinski definition) is 5. The molecule has 1 unspecified atom stereocenters. The van der Waals surface area contributed by atoms with E-state index < -0.39 is 0 Å². The van der Waals surface area contributed by atoms with Crippen LogP contribution >= 0.6 is 11.8 Å². The summed E-state index contributed by atoms with van der Waals surface area (Å²) in [6, 6.07) is 8.75. The topological polar surface area (TPSA) is 50.2 Å². The zero-order valence-corrected chi connectivity index (χ0v) is 18.4. The van der Waals surface area contributed by atoms with Gasteiger partial charge in [0.2, 0.25) is 0 Å². The molecule has 0 saturated carbocycles. The van der Waals surface area contributed by atoms with Crippen LogP contribution in [0.3, 0.4) is 0 Å². The monoisotopic (exact) mass is 398 g/mol. The van der Waals surface area contributed by atoms with E-state index in [1.54, 1.807) is 18.8 Å². The van der Waals surface area contributed by atoms with Gasteiger partial charge in [-0.3, -0.25) is 4.79 Å². The molecule has 2 aromatic rings. The summed E-state index contributed by atoms with van der Waals surface area (Å²) >= 11 is 1.66. The molecule has 0 saturated heterocycles. The van der Waals surface area contributed by atoms with E-state index in [0.717, 1.165) is 21.8 Å². The summed E-state index contributed by atoms with van der Waals surface area (Å²) in [6.07, 6.45) is 4.00. The highest BCUT2D eigenvalue weighted by atomic mass is 32.2. The molecule has 1 aromatic heterocycles. The molecular formula is C22H30N4OS. The number of aryl methyl sites for hydroxylation is 1. The molecule has 1 atom stereocenters. The first kappa shape index (κ1) is 22.0. The summed E-state index contributed by atoms with van der Waals surface area (Å²) < 4.78 is 1.39. The number of hydrogen-bond donors (Lipinski definition) is 1. The Hall–Kier alpha value is -2.31.